The van der Waals surface area contributed by atoms with E-state index in [2.05, 4.69) is 27.0 Å². The lowest BCUT2D eigenvalue weighted by Gasteiger charge is -2.26. The summed E-state index contributed by atoms with van der Waals surface area (Å²) >= 11 is 1.42. The van der Waals surface area contributed by atoms with Crippen molar-refractivity contribution in [2.24, 2.45) is 0 Å². The minimum Gasteiger partial charge on any atom is -0.458 e. The Hall–Kier alpha value is -2.78. The number of aromatic nitrogens is 2. The van der Waals surface area contributed by atoms with Gasteiger partial charge in [0.2, 0.25) is 0 Å². The summed E-state index contributed by atoms with van der Waals surface area (Å²) in [5.41, 5.74) is 8.23. The third-order valence-corrected chi connectivity index (χ3v) is 6.53. The largest absolute Gasteiger partial charge is 0.458 e. The summed E-state index contributed by atoms with van der Waals surface area (Å²) in [5.74, 6) is 2.20. The second kappa shape index (κ2) is 8.39. The predicted octanol–water partition coefficient (Wildman–Crippen LogP) is 3.76. The van der Waals surface area contributed by atoms with Crippen LogP contribution < -0.4 is 5.73 Å². The molecule has 0 radical (unpaired) electrons. The van der Waals surface area contributed by atoms with Crippen LogP contribution in [0.5, 0.6) is 0 Å². The number of benzene rings is 1. The molecule has 4 heterocycles. The molecule has 1 unspecified atom stereocenters. The number of aliphatic hydroxyl groups is 1. The van der Waals surface area contributed by atoms with Crippen LogP contribution in [0.3, 0.4) is 0 Å². The van der Waals surface area contributed by atoms with E-state index in [4.69, 9.17) is 14.9 Å². The molecule has 8 heteroatoms. The molecule has 3 aromatic heterocycles. The summed E-state index contributed by atoms with van der Waals surface area (Å²) in [4.78, 5) is 12.9. The number of nitrogens with zero attached hydrogens (tertiary/aromatic N) is 3. The Morgan fingerprint density at radius 1 is 1.16 bits per heavy atom. The SMILES string of the molecule is Cc1ccc(-c2nc(N)c3cc(C(O)c4cccc(CN5CCOCC5)c4)sc3n2)o1. The van der Waals surface area contributed by atoms with Gasteiger partial charge in [-0.25, -0.2) is 9.97 Å². The molecular weight excluding hydrogens is 412 g/mol. The van der Waals surface area contributed by atoms with Crippen molar-refractivity contribution in [2.45, 2.75) is 19.6 Å². The number of furan rings is 1. The van der Waals surface area contributed by atoms with Crippen LogP contribution in [0.1, 0.15) is 27.9 Å². The van der Waals surface area contributed by atoms with Crippen molar-refractivity contribution < 1.29 is 14.3 Å². The highest BCUT2D eigenvalue weighted by atomic mass is 32.1. The molecule has 0 saturated carbocycles. The van der Waals surface area contributed by atoms with Crippen LogP contribution in [0.25, 0.3) is 21.8 Å². The number of rotatable bonds is 5. The number of aliphatic hydroxyl groups excluding tert-OH is 1. The van der Waals surface area contributed by atoms with Crippen molar-refractivity contribution in [3.8, 4) is 11.6 Å². The number of aryl methyl sites for hydroxylation is 1. The van der Waals surface area contributed by atoms with Gasteiger partial charge in [0, 0.05) is 24.5 Å². The van der Waals surface area contributed by atoms with E-state index in [0.717, 1.165) is 59.3 Å². The Morgan fingerprint density at radius 2 is 2.00 bits per heavy atom. The van der Waals surface area contributed by atoms with E-state index in [1.165, 1.54) is 16.9 Å². The maximum Gasteiger partial charge on any atom is 0.199 e. The zero-order chi connectivity index (χ0) is 21.4. The molecule has 1 fully saturated rings. The number of hydrogen-bond acceptors (Lipinski definition) is 8. The fraction of sp³-hybridized carbons (Fsp3) is 0.304. The Balaban J connectivity index is 1.42. The lowest BCUT2D eigenvalue weighted by molar-refractivity contribution is 0.0341. The van der Waals surface area contributed by atoms with Crippen LogP contribution in [-0.2, 0) is 11.3 Å². The Bertz CT molecular complexity index is 1210. The van der Waals surface area contributed by atoms with Gasteiger partial charge in [-0.3, -0.25) is 4.90 Å². The fourth-order valence-electron chi connectivity index (χ4n) is 3.81. The van der Waals surface area contributed by atoms with Crippen LogP contribution >= 0.6 is 11.3 Å². The maximum atomic E-state index is 11.1. The number of fused-ring (bicyclic) bond motifs is 1. The zero-order valence-corrected chi connectivity index (χ0v) is 18.1. The van der Waals surface area contributed by atoms with Gasteiger partial charge in [-0.15, -0.1) is 11.3 Å². The average molecular weight is 437 g/mol. The summed E-state index contributed by atoms with van der Waals surface area (Å²) in [7, 11) is 0. The van der Waals surface area contributed by atoms with E-state index in [-0.39, 0.29) is 0 Å². The van der Waals surface area contributed by atoms with Crippen LogP contribution in [0.15, 0.2) is 46.9 Å². The van der Waals surface area contributed by atoms with Crippen LogP contribution in [0.2, 0.25) is 0 Å². The van der Waals surface area contributed by atoms with Crippen molar-refractivity contribution in [3.63, 3.8) is 0 Å². The molecule has 7 nitrogen and oxygen atoms in total. The standard InChI is InChI=1S/C23H24N4O3S/c1-14-5-6-18(30-14)22-25-21(24)17-12-19(31-23(17)26-22)20(28)16-4-2-3-15(11-16)13-27-7-9-29-10-8-27/h2-6,11-12,20,28H,7-10,13H2,1H3,(H2,24,25,26). The van der Waals surface area contributed by atoms with Gasteiger partial charge < -0.3 is 20.0 Å². The molecule has 1 aliphatic heterocycles. The number of nitrogens with two attached hydrogens (primary N) is 1. The molecule has 160 valence electrons. The van der Waals surface area contributed by atoms with Gasteiger partial charge in [0.05, 0.1) is 18.6 Å². The Morgan fingerprint density at radius 3 is 2.77 bits per heavy atom. The van der Waals surface area contributed by atoms with Gasteiger partial charge in [-0.05, 0) is 36.2 Å². The average Bonchev–Trinajstić information content (AvgIpc) is 3.41. The molecule has 1 saturated heterocycles. The first-order valence-electron chi connectivity index (χ1n) is 10.3. The zero-order valence-electron chi connectivity index (χ0n) is 17.2. The van der Waals surface area contributed by atoms with E-state index in [1.807, 2.05) is 37.3 Å². The third-order valence-electron chi connectivity index (χ3n) is 5.45. The molecule has 3 N–H and O–H groups in total. The quantitative estimate of drug-likeness (QED) is 0.492. The van der Waals surface area contributed by atoms with E-state index < -0.39 is 6.10 Å². The van der Waals surface area contributed by atoms with Crippen molar-refractivity contribution >= 4 is 27.4 Å². The summed E-state index contributed by atoms with van der Waals surface area (Å²) in [6.07, 6.45) is -0.752. The monoisotopic (exact) mass is 436 g/mol. The number of morpholine rings is 1. The first kappa shape index (κ1) is 20.1. The number of ether oxygens (including phenoxy) is 1. The van der Waals surface area contributed by atoms with Crippen molar-refractivity contribution in [2.75, 3.05) is 32.0 Å². The van der Waals surface area contributed by atoms with Gasteiger partial charge >= 0.3 is 0 Å². The first-order chi connectivity index (χ1) is 15.1. The minimum absolute atomic E-state index is 0.379. The van der Waals surface area contributed by atoms with Crippen molar-refractivity contribution in [1.29, 1.82) is 0 Å². The molecule has 4 aromatic rings. The molecule has 5 rings (SSSR count). The van der Waals surface area contributed by atoms with Gasteiger partial charge in [-0.2, -0.15) is 0 Å². The van der Waals surface area contributed by atoms with Gasteiger partial charge in [0.15, 0.2) is 11.6 Å². The summed E-state index contributed by atoms with van der Waals surface area (Å²) < 4.78 is 11.1. The smallest absolute Gasteiger partial charge is 0.199 e. The van der Waals surface area contributed by atoms with Crippen molar-refractivity contribution in [3.05, 3.63) is 64.2 Å². The van der Waals surface area contributed by atoms with Crippen LogP contribution in [0.4, 0.5) is 5.82 Å². The van der Waals surface area contributed by atoms with Gasteiger partial charge in [0.25, 0.3) is 0 Å². The highest BCUT2D eigenvalue weighted by Crippen LogP contribution is 2.35. The summed E-state index contributed by atoms with van der Waals surface area (Å²) in [6, 6.07) is 13.7. The number of nitrogen functional groups attached to an aromatic ring is 1. The molecule has 1 aliphatic rings. The normalized spacial score (nSPS) is 16.1. The minimum atomic E-state index is -0.752. The predicted molar refractivity (Wildman–Crippen MR) is 121 cm³/mol. The Labute approximate surface area is 184 Å². The number of hydrogen-bond donors (Lipinski definition) is 2. The molecular formula is C23H24N4O3S. The second-order valence-electron chi connectivity index (χ2n) is 7.75. The molecule has 31 heavy (non-hydrogen) atoms. The molecule has 0 amide bonds. The fourth-order valence-corrected chi connectivity index (χ4v) is 4.86. The van der Waals surface area contributed by atoms with E-state index >= 15 is 0 Å². The second-order valence-corrected chi connectivity index (χ2v) is 8.81. The Kier molecular flexibility index (Phi) is 5.45. The van der Waals surface area contributed by atoms with Crippen molar-refractivity contribution in [1.82, 2.24) is 14.9 Å². The molecule has 1 aromatic carbocycles. The maximum absolute atomic E-state index is 11.1. The lowest BCUT2D eigenvalue weighted by Crippen LogP contribution is -2.35. The highest BCUT2D eigenvalue weighted by Gasteiger charge is 2.19. The van der Waals surface area contributed by atoms with E-state index in [0.29, 0.717) is 17.4 Å². The van der Waals surface area contributed by atoms with Crippen LogP contribution in [0, 0.1) is 6.92 Å². The molecule has 0 bridgehead atoms. The molecule has 1 atom stereocenters. The van der Waals surface area contributed by atoms with Gasteiger partial charge in [0.1, 0.15) is 22.5 Å². The highest BCUT2D eigenvalue weighted by molar-refractivity contribution is 7.18. The van der Waals surface area contributed by atoms with E-state index in [9.17, 15) is 5.11 Å². The summed E-state index contributed by atoms with van der Waals surface area (Å²) in [5, 5.41) is 11.8. The van der Waals surface area contributed by atoms with E-state index in [1.54, 1.807) is 0 Å². The molecule has 0 spiro atoms. The third kappa shape index (κ3) is 4.20. The van der Waals surface area contributed by atoms with Gasteiger partial charge in [-0.1, -0.05) is 24.3 Å². The topological polar surface area (TPSA) is 97.6 Å². The summed E-state index contributed by atoms with van der Waals surface area (Å²) in [6.45, 7) is 6.12. The number of anilines is 1. The van der Waals surface area contributed by atoms with Crippen LogP contribution in [-0.4, -0.2) is 46.3 Å². The first-order valence-corrected chi connectivity index (χ1v) is 11.1. The molecule has 0 aliphatic carbocycles. The lowest BCUT2D eigenvalue weighted by atomic mass is 10.0. The number of thiophene rings is 1.